The lowest BCUT2D eigenvalue weighted by Gasteiger charge is -2.05. The van der Waals surface area contributed by atoms with Crippen LogP contribution in [0.25, 0.3) is 11.1 Å². The normalized spacial score (nSPS) is 10.5. The van der Waals surface area contributed by atoms with Gasteiger partial charge in [-0.05, 0) is 29.8 Å². The van der Waals surface area contributed by atoms with E-state index in [1.807, 2.05) is 0 Å². The van der Waals surface area contributed by atoms with Crippen molar-refractivity contribution in [3.05, 3.63) is 58.9 Å². The molecule has 2 aromatic rings. The van der Waals surface area contributed by atoms with Crippen molar-refractivity contribution in [2.45, 2.75) is 0 Å². The minimum atomic E-state index is -0.840. The summed E-state index contributed by atoms with van der Waals surface area (Å²) in [6, 6.07) is 7.55. The van der Waals surface area contributed by atoms with Gasteiger partial charge in [0.25, 0.3) is 0 Å². The second-order valence-electron chi connectivity index (χ2n) is 3.23. The second-order valence-corrected chi connectivity index (χ2v) is 3.61. The SMILES string of the molecule is Fc1ccc(-c2ccc(F)c(Cl)c2F)cc1. The van der Waals surface area contributed by atoms with E-state index in [9.17, 15) is 13.2 Å². The fourth-order valence-corrected chi connectivity index (χ4v) is 1.54. The van der Waals surface area contributed by atoms with Crippen LogP contribution in [0.5, 0.6) is 0 Å². The van der Waals surface area contributed by atoms with E-state index in [1.54, 1.807) is 0 Å². The molecule has 16 heavy (non-hydrogen) atoms. The summed E-state index contributed by atoms with van der Waals surface area (Å²) < 4.78 is 39.2. The third-order valence-corrected chi connectivity index (χ3v) is 2.54. The van der Waals surface area contributed by atoms with Crippen molar-refractivity contribution < 1.29 is 13.2 Å². The molecule has 0 saturated carbocycles. The maximum Gasteiger partial charge on any atom is 0.152 e. The topological polar surface area (TPSA) is 0 Å². The standard InChI is InChI=1S/C12H6ClF3/c13-11-10(15)6-5-9(12(11)16)7-1-3-8(14)4-2-7/h1-6H. The van der Waals surface area contributed by atoms with Gasteiger partial charge in [-0.1, -0.05) is 23.7 Å². The van der Waals surface area contributed by atoms with Gasteiger partial charge < -0.3 is 0 Å². The summed E-state index contributed by atoms with van der Waals surface area (Å²) in [5, 5.41) is -0.554. The molecule has 0 heterocycles. The zero-order valence-corrected chi connectivity index (χ0v) is 8.73. The molecule has 82 valence electrons. The highest BCUT2D eigenvalue weighted by atomic mass is 35.5. The Bertz CT molecular complexity index is 521. The third kappa shape index (κ3) is 1.91. The maximum absolute atomic E-state index is 13.6. The second kappa shape index (κ2) is 4.18. The van der Waals surface area contributed by atoms with Gasteiger partial charge in [0.15, 0.2) is 5.82 Å². The third-order valence-electron chi connectivity index (χ3n) is 2.19. The number of hydrogen-bond acceptors (Lipinski definition) is 0. The number of rotatable bonds is 1. The summed E-state index contributed by atoms with van der Waals surface area (Å²) in [6.07, 6.45) is 0. The van der Waals surface area contributed by atoms with E-state index in [1.165, 1.54) is 30.3 Å². The fraction of sp³-hybridized carbons (Fsp3) is 0. The molecule has 0 N–H and O–H groups in total. The van der Waals surface area contributed by atoms with Gasteiger partial charge in [-0.15, -0.1) is 0 Å². The van der Waals surface area contributed by atoms with E-state index in [2.05, 4.69) is 0 Å². The Kier molecular flexibility index (Phi) is 2.88. The van der Waals surface area contributed by atoms with Crippen molar-refractivity contribution in [1.29, 1.82) is 0 Å². The van der Waals surface area contributed by atoms with Gasteiger partial charge in [-0.25, -0.2) is 13.2 Å². The van der Waals surface area contributed by atoms with Gasteiger partial charge in [-0.2, -0.15) is 0 Å². The molecule has 0 fully saturated rings. The molecule has 0 spiro atoms. The minimum absolute atomic E-state index is 0.145. The highest BCUT2D eigenvalue weighted by molar-refractivity contribution is 6.31. The Balaban J connectivity index is 2.57. The highest BCUT2D eigenvalue weighted by Crippen LogP contribution is 2.29. The Morgan fingerprint density at radius 3 is 2.06 bits per heavy atom. The Hall–Kier alpha value is -1.48. The van der Waals surface area contributed by atoms with Gasteiger partial charge in [0, 0.05) is 5.56 Å². The van der Waals surface area contributed by atoms with Gasteiger partial charge in [0.05, 0.1) is 0 Å². The van der Waals surface area contributed by atoms with Crippen LogP contribution in [0.1, 0.15) is 0 Å². The summed E-state index contributed by atoms with van der Waals surface area (Å²) in [4.78, 5) is 0. The largest absolute Gasteiger partial charge is 0.207 e. The van der Waals surface area contributed by atoms with E-state index in [-0.39, 0.29) is 5.56 Å². The molecule has 0 amide bonds. The molecular weight excluding hydrogens is 237 g/mol. The van der Waals surface area contributed by atoms with E-state index < -0.39 is 22.5 Å². The Morgan fingerprint density at radius 2 is 1.44 bits per heavy atom. The molecule has 0 aliphatic heterocycles. The van der Waals surface area contributed by atoms with Gasteiger partial charge in [0.2, 0.25) is 0 Å². The lowest BCUT2D eigenvalue weighted by atomic mass is 10.1. The van der Waals surface area contributed by atoms with Crippen LogP contribution in [0.2, 0.25) is 5.02 Å². The fourth-order valence-electron chi connectivity index (χ4n) is 1.38. The van der Waals surface area contributed by atoms with Crippen molar-refractivity contribution in [3.8, 4) is 11.1 Å². The average Bonchev–Trinajstić information content (AvgIpc) is 2.28. The van der Waals surface area contributed by atoms with Crippen molar-refractivity contribution in [2.75, 3.05) is 0 Å². The van der Waals surface area contributed by atoms with Gasteiger partial charge in [-0.3, -0.25) is 0 Å². The van der Waals surface area contributed by atoms with Gasteiger partial charge in [0.1, 0.15) is 16.7 Å². The van der Waals surface area contributed by atoms with E-state index in [0.717, 1.165) is 6.07 Å². The molecule has 0 unspecified atom stereocenters. The quantitative estimate of drug-likeness (QED) is 0.649. The summed E-state index contributed by atoms with van der Waals surface area (Å²) in [5.41, 5.74) is 0.590. The molecule has 0 nitrogen and oxygen atoms in total. The van der Waals surface area contributed by atoms with Crippen LogP contribution in [0.4, 0.5) is 13.2 Å². The van der Waals surface area contributed by atoms with Crippen molar-refractivity contribution in [3.63, 3.8) is 0 Å². The van der Waals surface area contributed by atoms with Crippen LogP contribution in [-0.4, -0.2) is 0 Å². The average molecular weight is 243 g/mol. The molecule has 0 aliphatic carbocycles. The van der Waals surface area contributed by atoms with Crippen LogP contribution in [0.3, 0.4) is 0 Å². The molecule has 0 aromatic heterocycles. The number of halogens is 4. The summed E-state index contributed by atoms with van der Waals surface area (Å²) in [5.74, 6) is -2.07. The lowest BCUT2D eigenvalue weighted by molar-refractivity contribution is 0.586. The molecule has 2 rings (SSSR count). The molecule has 2 aromatic carbocycles. The van der Waals surface area contributed by atoms with Crippen LogP contribution >= 0.6 is 11.6 Å². The number of benzene rings is 2. The number of hydrogen-bond donors (Lipinski definition) is 0. The first-order valence-electron chi connectivity index (χ1n) is 4.49. The Labute approximate surface area is 95.3 Å². The van der Waals surface area contributed by atoms with Crippen molar-refractivity contribution in [1.82, 2.24) is 0 Å². The molecule has 0 radical (unpaired) electrons. The van der Waals surface area contributed by atoms with Crippen LogP contribution in [-0.2, 0) is 0 Å². The zero-order chi connectivity index (χ0) is 11.7. The summed E-state index contributed by atoms with van der Waals surface area (Å²) >= 11 is 5.44. The zero-order valence-electron chi connectivity index (χ0n) is 7.98. The van der Waals surface area contributed by atoms with Crippen LogP contribution in [0, 0.1) is 17.5 Å². The highest BCUT2D eigenvalue weighted by Gasteiger charge is 2.12. The van der Waals surface area contributed by atoms with Gasteiger partial charge >= 0.3 is 0 Å². The summed E-state index contributed by atoms with van der Waals surface area (Å²) in [6.45, 7) is 0. The minimum Gasteiger partial charge on any atom is -0.207 e. The molecule has 0 aliphatic rings. The first-order valence-corrected chi connectivity index (χ1v) is 4.87. The molecule has 0 saturated heterocycles. The maximum atomic E-state index is 13.6. The predicted molar refractivity (Wildman–Crippen MR) is 56.8 cm³/mol. The lowest BCUT2D eigenvalue weighted by Crippen LogP contribution is -1.89. The van der Waals surface area contributed by atoms with E-state index in [4.69, 9.17) is 11.6 Å². The predicted octanol–water partition coefficient (Wildman–Crippen LogP) is 4.42. The smallest absolute Gasteiger partial charge is 0.152 e. The molecule has 4 heteroatoms. The summed E-state index contributed by atoms with van der Waals surface area (Å²) in [7, 11) is 0. The molecule has 0 bridgehead atoms. The van der Waals surface area contributed by atoms with E-state index >= 15 is 0 Å². The van der Waals surface area contributed by atoms with Crippen LogP contribution < -0.4 is 0 Å². The molecular formula is C12H6ClF3. The first-order chi connectivity index (χ1) is 7.59. The van der Waals surface area contributed by atoms with Crippen molar-refractivity contribution in [2.24, 2.45) is 0 Å². The van der Waals surface area contributed by atoms with Crippen molar-refractivity contribution >= 4 is 11.6 Å². The van der Waals surface area contributed by atoms with E-state index in [0.29, 0.717) is 5.56 Å². The first kappa shape index (κ1) is 11.0. The monoisotopic (exact) mass is 242 g/mol. The van der Waals surface area contributed by atoms with Crippen LogP contribution in [0.15, 0.2) is 36.4 Å². The molecule has 0 atom stereocenters. The Morgan fingerprint density at radius 1 is 0.812 bits per heavy atom.